The number of aryl methyl sites for hydroxylation is 1. The van der Waals surface area contributed by atoms with Gasteiger partial charge in [0.15, 0.2) is 5.82 Å². The summed E-state index contributed by atoms with van der Waals surface area (Å²) in [5.74, 6) is -0.982. The maximum atomic E-state index is 13.2. The summed E-state index contributed by atoms with van der Waals surface area (Å²) >= 11 is 1.89. The number of hydrogen-bond acceptors (Lipinski definition) is 3. The zero-order valence-corrected chi connectivity index (χ0v) is 12.3. The molecule has 1 aromatic carbocycles. The highest BCUT2D eigenvalue weighted by Gasteiger charge is 2.34. The van der Waals surface area contributed by atoms with Crippen molar-refractivity contribution in [3.63, 3.8) is 0 Å². The van der Waals surface area contributed by atoms with E-state index in [0.717, 1.165) is 12.1 Å². The Labute approximate surface area is 125 Å². The third kappa shape index (κ3) is 2.84. The molecule has 0 aliphatic carbocycles. The maximum Gasteiger partial charge on any atom is 0.417 e. The minimum Gasteiger partial charge on any atom is -0.383 e. The second-order valence-corrected chi connectivity index (χ2v) is 5.10. The molecule has 0 bridgehead atoms. The molecule has 0 radical (unpaired) electrons. The molecular weight excluding hydrogens is 389 g/mol. The standard InChI is InChI=1S/C12H8F4IN3/c1-5-9(17)10(18)20-11(19-5)7-4-6(13)2-3-8(7)12(14,15)16/h2-4H,1H3,(H2,18,19,20). The topological polar surface area (TPSA) is 51.8 Å². The summed E-state index contributed by atoms with van der Waals surface area (Å²) in [5, 5.41) is 0. The van der Waals surface area contributed by atoms with Crippen molar-refractivity contribution in [2.45, 2.75) is 13.1 Å². The van der Waals surface area contributed by atoms with E-state index in [2.05, 4.69) is 9.97 Å². The molecule has 0 fully saturated rings. The van der Waals surface area contributed by atoms with Crippen molar-refractivity contribution >= 4 is 28.4 Å². The zero-order chi connectivity index (χ0) is 15.1. The van der Waals surface area contributed by atoms with Gasteiger partial charge in [0.25, 0.3) is 0 Å². The SMILES string of the molecule is Cc1nc(-c2cc(F)ccc2C(F)(F)F)nc(N)c1I. The third-order valence-electron chi connectivity index (χ3n) is 2.57. The van der Waals surface area contributed by atoms with Crippen LogP contribution in [-0.2, 0) is 6.18 Å². The summed E-state index contributed by atoms with van der Waals surface area (Å²) in [6.07, 6.45) is -4.63. The average Bonchev–Trinajstić information content (AvgIpc) is 2.33. The summed E-state index contributed by atoms with van der Waals surface area (Å²) in [6, 6.07) is 2.16. The van der Waals surface area contributed by atoms with Crippen molar-refractivity contribution in [3.05, 3.63) is 38.8 Å². The van der Waals surface area contributed by atoms with Gasteiger partial charge in [0.05, 0.1) is 14.8 Å². The fraction of sp³-hybridized carbons (Fsp3) is 0.167. The van der Waals surface area contributed by atoms with Crippen molar-refractivity contribution < 1.29 is 17.6 Å². The van der Waals surface area contributed by atoms with Gasteiger partial charge in [0, 0.05) is 5.56 Å². The fourth-order valence-electron chi connectivity index (χ4n) is 1.65. The van der Waals surface area contributed by atoms with E-state index in [1.807, 2.05) is 22.6 Å². The lowest BCUT2D eigenvalue weighted by molar-refractivity contribution is -0.137. The van der Waals surface area contributed by atoms with E-state index in [-0.39, 0.29) is 11.6 Å². The van der Waals surface area contributed by atoms with Crippen LogP contribution >= 0.6 is 22.6 Å². The first-order valence-electron chi connectivity index (χ1n) is 5.37. The van der Waals surface area contributed by atoms with Gasteiger partial charge in [-0.25, -0.2) is 14.4 Å². The predicted octanol–water partition coefficient (Wildman–Crippen LogP) is 3.80. The molecule has 3 nitrogen and oxygen atoms in total. The van der Waals surface area contributed by atoms with E-state index < -0.39 is 23.1 Å². The molecule has 0 aliphatic heterocycles. The Morgan fingerprint density at radius 1 is 1.20 bits per heavy atom. The van der Waals surface area contributed by atoms with Gasteiger partial charge >= 0.3 is 6.18 Å². The van der Waals surface area contributed by atoms with Gasteiger partial charge in [-0.15, -0.1) is 0 Å². The number of aromatic nitrogens is 2. The number of nitrogens with two attached hydrogens (primary N) is 1. The molecule has 8 heteroatoms. The molecule has 0 atom stereocenters. The maximum absolute atomic E-state index is 13.2. The van der Waals surface area contributed by atoms with Gasteiger partial charge in [-0.3, -0.25) is 0 Å². The van der Waals surface area contributed by atoms with Crippen LogP contribution in [0.2, 0.25) is 0 Å². The Morgan fingerprint density at radius 2 is 1.85 bits per heavy atom. The van der Waals surface area contributed by atoms with Gasteiger partial charge in [0.2, 0.25) is 0 Å². The first-order chi connectivity index (χ1) is 9.20. The largest absolute Gasteiger partial charge is 0.417 e. The van der Waals surface area contributed by atoms with E-state index in [1.54, 1.807) is 6.92 Å². The van der Waals surface area contributed by atoms with Gasteiger partial charge in [-0.05, 0) is 47.7 Å². The van der Waals surface area contributed by atoms with Gasteiger partial charge < -0.3 is 5.73 Å². The molecule has 1 aromatic heterocycles. The molecule has 2 N–H and O–H groups in total. The Kier molecular flexibility index (Phi) is 3.85. The van der Waals surface area contributed by atoms with Crippen LogP contribution in [0.25, 0.3) is 11.4 Å². The lowest BCUT2D eigenvalue weighted by Gasteiger charge is -2.13. The Balaban J connectivity index is 2.72. The number of nitrogens with zero attached hydrogens (tertiary/aromatic N) is 2. The van der Waals surface area contributed by atoms with Gasteiger partial charge in [0.1, 0.15) is 11.6 Å². The molecule has 0 aliphatic rings. The summed E-state index contributed by atoms with van der Waals surface area (Å²) in [6.45, 7) is 1.59. The zero-order valence-electron chi connectivity index (χ0n) is 10.1. The smallest absolute Gasteiger partial charge is 0.383 e. The molecular formula is C12H8F4IN3. The van der Waals surface area contributed by atoms with E-state index >= 15 is 0 Å². The normalized spacial score (nSPS) is 11.7. The minimum absolute atomic E-state index is 0.0606. The number of hydrogen-bond donors (Lipinski definition) is 1. The summed E-state index contributed by atoms with van der Waals surface area (Å²) in [5.41, 5.74) is 4.63. The Hall–Kier alpha value is -1.45. The minimum atomic E-state index is -4.63. The highest BCUT2D eigenvalue weighted by atomic mass is 127. The lowest BCUT2D eigenvalue weighted by Crippen LogP contribution is -2.10. The summed E-state index contributed by atoms with van der Waals surface area (Å²) in [4.78, 5) is 7.77. The molecule has 0 unspecified atom stereocenters. The molecule has 1 heterocycles. The first kappa shape index (κ1) is 14.9. The van der Waals surface area contributed by atoms with Crippen LogP contribution < -0.4 is 5.73 Å². The highest BCUT2D eigenvalue weighted by Crippen LogP contribution is 2.36. The van der Waals surface area contributed by atoms with Crippen LogP contribution in [0.4, 0.5) is 23.4 Å². The lowest BCUT2D eigenvalue weighted by atomic mass is 10.1. The summed E-state index contributed by atoms with van der Waals surface area (Å²) in [7, 11) is 0. The number of halogens is 5. The van der Waals surface area contributed by atoms with Crippen molar-refractivity contribution in [2.24, 2.45) is 0 Å². The monoisotopic (exact) mass is 397 g/mol. The second kappa shape index (κ2) is 5.15. The van der Waals surface area contributed by atoms with Gasteiger partial charge in [-0.1, -0.05) is 0 Å². The number of nitrogen functional groups attached to an aromatic ring is 1. The molecule has 20 heavy (non-hydrogen) atoms. The number of alkyl halides is 3. The van der Waals surface area contributed by atoms with Crippen LogP contribution in [-0.4, -0.2) is 9.97 Å². The van der Waals surface area contributed by atoms with Crippen molar-refractivity contribution in [1.29, 1.82) is 0 Å². The van der Waals surface area contributed by atoms with Crippen LogP contribution in [0.5, 0.6) is 0 Å². The molecule has 2 aromatic rings. The Bertz CT molecular complexity index is 647. The first-order valence-corrected chi connectivity index (χ1v) is 6.44. The van der Waals surface area contributed by atoms with Crippen LogP contribution in [0, 0.1) is 16.3 Å². The van der Waals surface area contributed by atoms with Crippen molar-refractivity contribution in [1.82, 2.24) is 9.97 Å². The average molecular weight is 397 g/mol. The van der Waals surface area contributed by atoms with Crippen LogP contribution in [0.15, 0.2) is 18.2 Å². The van der Waals surface area contributed by atoms with Crippen LogP contribution in [0.1, 0.15) is 11.3 Å². The molecule has 0 spiro atoms. The van der Waals surface area contributed by atoms with Crippen molar-refractivity contribution in [2.75, 3.05) is 5.73 Å². The van der Waals surface area contributed by atoms with Gasteiger partial charge in [-0.2, -0.15) is 13.2 Å². The fourth-order valence-corrected chi connectivity index (χ4v) is 1.89. The quantitative estimate of drug-likeness (QED) is 0.589. The molecule has 2 rings (SSSR count). The highest BCUT2D eigenvalue weighted by molar-refractivity contribution is 14.1. The molecule has 0 amide bonds. The predicted molar refractivity (Wildman–Crippen MR) is 74.3 cm³/mol. The van der Waals surface area contributed by atoms with E-state index in [1.165, 1.54) is 0 Å². The van der Waals surface area contributed by atoms with E-state index in [0.29, 0.717) is 15.3 Å². The van der Waals surface area contributed by atoms with Crippen molar-refractivity contribution in [3.8, 4) is 11.4 Å². The molecule has 0 saturated carbocycles. The molecule has 106 valence electrons. The van der Waals surface area contributed by atoms with E-state index in [4.69, 9.17) is 5.73 Å². The number of rotatable bonds is 1. The number of anilines is 1. The molecule has 0 saturated heterocycles. The summed E-state index contributed by atoms with van der Waals surface area (Å²) < 4.78 is 52.6. The van der Waals surface area contributed by atoms with Crippen LogP contribution in [0.3, 0.4) is 0 Å². The van der Waals surface area contributed by atoms with E-state index in [9.17, 15) is 17.6 Å². The third-order valence-corrected chi connectivity index (χ3v) is 3.90. The second-order valence-electron chi connectivity index (χ2n) is 4.02. The number of benzene rings is 1. The Morgan fingerprint density at radius 3 is 2.40 bits per heavy atom.